The van der Waals surface area contributed by atoms with Gasteiger partial charge in [-0.1, -0.05) is 77.8 Å². The summed E-state index contributed by atoms with van der Waals surface area (Å²) in [5.74, 6) is 0. The molecule has 5 heteroatoms. The zero-order chi connectivity index (χ0) is 22.2. The van der Waals surface area contributed by atoms with Crippen LogP contribution >= 0.6 is 35.3 Å². The highest BCUT2D eigenvalue weighted by Crippen LogP contribution is 2.46. The van der Waals surface area contributed by atoms with Crippen molar-refractivity contribution in [1.29, 1.82) is 0 Å². The van der Waals surface area contributed by atoms with Gasteiger partial charge in [0.1, 0.15) is 0 Å². The first-order valence-corrected chi connectivity index (χ1v) is 13.8. The Morgan fingerprint density at radius 3 is 1.62 bits per heavy atom. The maximum absolute atomic E-state index is 4.65. The molecule has 0 spiro atoms. The third kappa shape index (κ3) is 2.72. The first kappa shape index (κ1) is 19.5. The van der Waals surface area contributed by atoms with Gasteiger partial charge in [-0.25, -0.2) is 0 Å². The summed E-state index contributed by atoms with van der Waals surface area (Å²) >= 11 is 5.81. The average Bonchev–Trinajstić information content (AvgIpc) is 2.89. The van der Waals surface area contributed by atoms with E-state index in [1.807, 2.05) is 47.5 Å². The van der Waals surface area contributed by atoms with Gasteiger partial charge in [0.2, 0.25) is 6.71 Å². The number of rotatable bonds is 2. The van der Waals surface area contributed by atoms with Crippen LogP contribution in [0.25, 0.3) is 22.4 Å². The molecular formula is C29H16BNS3. The van der Waals surface area contributed by atoms with Gasteiger partial charge in [0.15, 0.2) is 0 Å². The normalized spacial score (nSPS) is 14.1. The van der Waals surface area contributed by atoms with E-state index in [9.17, 15) is 0 Å². The molecule has 0 radical (unpaired) electrons. The van der Waals surface area contributed by atoms with Crippen LogP contribution in [-0.4, -0.2) is 11.7 Å². The van der Waals surface area contributed by atoms with Crippen LogP contribution in [0.5, 0.6) is 0 Å². The summed E-state index contributed by atoms with van der Waals surface area (Å²) in [4.78, 5) is 13.0. The van der Waals surface area contributed by atoms with E-state index in [2.05, 4.69) is 89.9 Å². The van der Waals surface area contributed by atoms with E-state index in [0.29, 0.717) is 6.71 Å². The van der Waals surface area contributed by atoms with Gasteiger partial charge >= 0.3 is 0 Å². The molecule has 0 aliphatic carbocycles. The number of nitrogens with zero attached hydrogens (tertiary/aromatic N) is 1. The zero-order valence-electron chi connectivity index (χ0n) is 18.0. The van der Waals surface area contributed by atoms with E-state index in [1.54, 1.807) is 0 Å². The third-order valence-electron chi connectivity index (χ3n) is 6.86. The highest BCUT2D eigenvalue weighted by molar-refractivity contribution is 8.02. The van der Waals surface area contributed by atoms with Crippen LogP contribution in [0.4, 0.5) is 0 Å². The van der Waals surface area contributed by atoms with E-state index in [1.165, 1.54) is 62.5 Å². The summed E-state index contributed by atoms with van der Waals surface area (Å²) in [5, 5.41) is 0. The maximum atomic E-state index is 4.65. The van der Waals surface area contributed by atoms with E-state index in [-0.39, 0.29) is 0 Å². The Balaban J connectivity index is 1.39. The molecule has 34 heavy (non-hydrogen) atoms. The molecule has 8 rings (SSSR count). The largest absolute Gasteiger partial charge is 0.256 e. The van der Waals surface area contributed by atoms with Crippen molar-refractivity contribution in [2.24, 2.45) is 0 Å². The molecule has 1 nitrogen and oxygen atoms in total. The maximum Gasteiger partial charge on any atom is 0.250 e. The first-order valence-electron chi connectivity index (χ1n) is 11.3. The van der Waals surface area contributed by atoms with Crippen LogP contribution < -0.4 is 16.4 Å². The number of pyridine rings is 1. The summed E-state index contributed by atoms with van der Waals surface area (Å²) in [6.45, 7) is 0.339. The quantitative estimate of drug-likeness (QED) is 0.266. The Morgan fingerprint density at radius 1 is 0.500 bits per heavy atom. The van der Waals surface area contributed by atoms with Gasteiger partial charge in [-0.15, -0.1) is 0 Å². The van der Waals surface area contributed by atoms with E-state index < -0.39 is 0 Å². The van der Waals surface area contributed by atoms with Crippen LogP contribution in [0, 0.1) is 0 Å². The predicted molar refractivity (Wildman–Crippen MR) is 145 cm³/mol. The second-order valence-corrected chi connectivity index (χ2v) is 12.0. The zero-order valence-corrected chi connectivity index (χ0v) is 20.4. The monoisotopic (exact) mass is 485 g/mol. The molecule has 0 saturated carbocycles. The Bertz CT molecular complexity index is 1570. The molecule has 5 aromatic rings. The molecule has 0 N–H and O–H groups in total. The molecule has 0 unspecified atom stereocenters. The van der Waals surface area contributed by atoms with Gasteiger partial charge in [-0.3, -0.25) is 4.98 Å². The predicted octanol–water partition coefficient (Wildman–Crippen LogP) is 6.33. The fourth-order valence-electron chi connectivity index (χ4n) is 5.45. The van der Waals surface area contributed by atoms with Crippen molar-refractivity contribution < 1.29 is 0 Å². The summed E-state index contributed by atoms with van der Waals surface area (Å²) in [5.41, 5.74) is 9.20. The highest BCUT2D eigenvalue weighted by atomic mass is 32.2. The van der Waals surface area contributed by atoms with Crippen LogP contribution in [0.1, 0.15) is 0 Å². The van der Waals surface area contributed by atoms with Gasteiger partial charge in [-0.05, 0) is 76.0 Å². The lowest BCUT2D eigenvalue weighted by Crippen LogP contribution is -2.60. The molecule has 0 saturated heterocycles. The highest BCUT2D eigenvalue weighted by Gasteiger charge is 2.43. The Morgan fingerprint density at radius 2 is 1.03 bits per heavy atom. The van der Waals surface area contributed by atoms with Crippen molar-refractivity contribution in [3.63, 3.8) is 0 Å². The fraction of sp³-hybridized carbons (Fsp3) is 0. The standard InChI is InChI=1S/C29H16BNS3/c1-2-8-19(20-9-3-4-14-31-20)18(7-1)17-15-25-29-26(16-17)34-24-13-6-11-22-28(24)30(29)27-21(32-22)10-5-12-23(27)33-25/h1-16H. The van der Waals surface area contributed by atoms with Crippen LogP contribution in [0.15, 0.2) is 127 Å². The summed E-state index contributed by atoms with van der Waals surface area (Å²) in [6.07, 6.45) is 1.87. The molecule has 0 fully saturated rings. The lowest BCUT2D eigenvalue weighted by molar-refractivity contribution is 1.26. The molecule has 3 aliphatic rings. The lowest BCUT2D eigenvalue weighted by Gasteiger charge is -2.38. The molecule has 1 aromatic heterocycles. The topological polar surface area (TPSA) is 12.9 Å². The Labute approximate surface area is 211 Å². The molecule has 0 amide bonds. The van der Waals surface area contributed by atoms with Crippen LogP contribution in [0.3, 0.4) is 0 Å². The SMILES string of the molecule is c1ccc(-c2ccccc2-c2cc3c4c(c2)Sc2cccc5c2B4c2c(cccc2S3)S5)nc1. The van der Waals surface area contributed by atoms with Gasteiger partial charge in [-0.2, -0.15) is 0 Å². The molecular weight excluding hydrogens is 469 g/mol. The molecule has 158 valence electrons. The van der Waals surface area contributed by atoms with Crippen molar-refractivity contribution in [3.05, 3.63) is 97.2 Å². The second-order valence-electron chi connectivity index (χ2n) is 8.72. The Hall–Kier alpha value is -2.86. The Kier molecular flexibility index (Phi) is 4.19. The molecule has 3 aliphatic heterocycles. The molecule has 4 heterocycles. The van der Waals surface area contributed by atoms with Gasteiger partial charge in [0.05, 0.1) is 5.69 Å². The average molecular weight is 485 g/mol. The van der Waals surface area contributed by atoms with Gasteiger partial charge < -0.3 is 0 Å². The van der Waals surface area contributed by atoms with Gasteiger partial charge in [0.25, 0.3) is 0 Å². The third-order valence-corrected chi connectivity index (χ3v) is 10.3. The van der Waals surface area contributed by atoms with E-state index in [4.69, 9.17) is 0 Å². The van der Waals surface area contributed by atoms with Crippen molar-refractivity contribution in [1.82, 2.24) is 4.98 Å². The minimum absolute atomic E-state index is 0.339. The minimum Gasteiger partial charge on any atom is -0.256 e. The molecule has 4 aromatic carbocycles. The minimum atomic E-state index is 0.339. The summed E-state index contributed by atoms with van der Waals surface area (Å²) < 4.78 is 0. The number of benzene rings is 4. The molecule has 0 atom stereocenters. The lowest BCUT2D eigenvalue weighted by atomic mass is 9.36. The van der Waals surface area contributed by atoms with Crippen LogP contribution in [0.2, 0.25) is 0 Å². The van der Waals surface area contributed by atoms with Crippen molar-refractivity contribution in [3.8, 4) is 22.4 Å². The second kappa shape index (κ2) is 7.32. The smallest absolute Gasteiger partial charge is 0.250 e. The first-order chi connectivity index (χ1) is 16.8. The summed E-state index contributed by atoms with van der Waals surface area (Å²) in [7, 11) is 0. The van der Waals surface area contributed by atoms with Crippen molar-refractivity contribution in [2.75, 3.05) is 0 Å². The fourth-order valence-corrected chi connectivity index (χ4v) is 9.34. The van der Waals surface area contributed by atoms with Crippen molar-refractivity contribution >= 4 is 58.4 Å². The number of hydrogen-bond donors (Lipinski definition) is 0. The number of hydrogen-bond acceptors (Lipinski definition) is 4. The van der Waals surface area contributed by atoms with Crippen molar-refractivity contribution in [2.45, 2.75) is 29.4 Å². The van der Waals surface area contributed by atoms with E-state index >= 15 is 0 Å². The van der Waals surface area contributed by atoms with Gasteiger partial charge in [0, 0.05) is 41.1 Å². The van der Waals surface area contributed by atoms with E-state index in [0.717, 1.165) is 5.69 Å². The van der Waals surface area contributed by atoms with Crippen LogP contribution in [-0.2, 0) is 0 Å². The number of aromatic nitrogens is 1. The summed E-state index contributed by atoms with van der Waals surface area (Å²) in [6, 6.07) is 33.2. The molecule has 0 bridgehead atoms.